The summed E-state index contributed by atoms with van der Waals surface area (Å²) in [5.41, 5.74) is 7.63. The van der Waals surface area contributed by atoms with Gasteiger partial charge in [0.05, 0.1) is 49.2 Å². The Morgan fingerprint density at radius 2 is 1.11 bits per heavy atom. The van der Waals surface area contributed by atoms with Crippen molar-refractivity contribution < 1.29 is 14.2 Å². The molecule has 4 aromatic rings. The van der Waals surface area contributed by atoms with Gasteiger partial charge in [0.1, 0.15) is 12.2 Å². The maximum absolute atomic E-state index is 6.12. The molecule has 0 aromatic carbocycles. The lowest BCUT2D eigenvalue weighted by molar-refractivity contribution is -0.0592. The molecule has 0 amide bonds. The molecular weight excluding hydrogens is 520 g/mol. The topological polar surface area (TPSA) is 79.2 Å². The number of aromatic nitrogens is 4. The van der Waals surface area contributed by atoms with E-state index in [0.29, 0.717) is 26.4 Å². The SMILES string of the molecule is Cc1ccc(-c2ccc(CO[C@H]3COC[C@@H]3OCc3ccc(-c4ccc(CBr)cn4)nc3)cn2)nc1. The zero-order valence-electron chi connectivity index (χ0n) is 20.0. The van der Waals surface area contributed by atoms with Crippen molar-refractivity contribution in [1.82, 2.24) is 19.9 Å². The highest BCUT2D eigenvalue weighted by molar-refractivity contribution is 9.08. The molecule has 4 aromatic heterocycles. The molecule has 1 aliphatic rings. The second-order valence-corrected chi connectivity index (χ2v) is 9.31. The van der Waals surface area contributed by atoms with Crippen LogP contribution in [-0.4, -0.2) is 45.4 Å². The van der Waals surface area contributed by atoms with Crippen molar-refractivity contribution in [3.05, 3.63) is 95.6 Å². The van der Waals surface area contributed by atoms with Crippen LogP contribution in [0, 0.1) is 6.92 Å². The maximum Gasteiger partial charge on any atom is 0.110 e. The van der Waals surface area contributed by atoms with Crippen LogP contribution in [0.25, 0.3) is 22.8 Å². The van der Waals surface area contributed by atoms with E-state index in [1.165, 1.54) is 0 Å². The van der Waals surface area contributed by atoms with Crippen molar-refractivity contribution in [2.24, 2.45) is 0 Å². The molecule has 5 rings (SSSR count). The van der Waals surface area contributed by atoms with Gasteiger partial charge in [-0.15, -0.1) is 0 Å². The van der Waals surface area contributed by atoms with Crippen molar-refractivity contribution in [2.45, 2.75) is 37.7 Å². The molecule has 1 saturated heterocycles. The minimum Gasteiger partial charge on any atom is -0.376 e. The first-order valence-electron chi connectivity index (χ1n) is 11.8. The number of alkyl halides is 1. The summed E-state index contributed by atoms with van der Waals surface area (Å²) in [6.45, 7) is 3.93. The Labute approximate surface area is 219 Å². The van der Waals surface area contributed by atoms with Crippen LogP contribution < -0.4 is 0 Å². The Morgan fingerprint density at radius 1 is 0.667 bits per heavy atom. The predicted octanol–water partition coefficient (Wildman–Crippen LogP) is 5.30. The Morgan fingerprint density at radius 3 is 1.50 bits per heavy atom. The summed E-state index contributed by atoms with van der Waals surface area (Å²) in [4.78, 5) is 18.0. The molecule has 0 aliphatic carbocycles. The summed E-state index contributed by atoms with van der Waals surface area (Å²) in [6.07, 6.45) is 7.10. The van der Waals surface area contributed by atoms with Gasteiger partial charge in [-0.3, -0.25) is 19.9 Å². The summed E-state index contributed by atoms with van der Waals surface area (Å²) < 4.78 is 17.9. The molecule has 0 N–H and O–H groups in total. The first-order chi connectivity index (χ1) is 17.7. The molecule has 7 nitrogen and oxygen atoms in total. The molecule has 36 heavy (non-hydrogen) atoms. The fourth-order valence-corrected chi connectivity index (χ4v) is 4.16. The molecule has 1 aliphatic heterocycles. The van der Waals surface area contributed by atoms with Crippen LogP contribution in [0.1, 0.15) is 22.3 Å². The highest BCUT2D eigenvalue weighted by Crippen LogP contribution is 2.20. The lowest BCUT2D eigenvalue weighted by atomic mass is 10.2. The van der Waals surface area contributed by atoms with Crippen molar-refractivity contribution in [3.63, 3.8) is 0 Å². The quantitative estimate of drug-likeness (QED) is 0.263. The monoisotopic (exact) mass is 546 g/mol. The standard InChI is InChI=1S/C28H27BrN4O3/c1-19-2-6-23(30-11-19)25-8-4-21(13-32-25)15-35-27-17-34-18-28(27)36-16-22-5-9-26(33-14-22)24-7-3-20(10-29)12-31-24/h2-9,11-14,27-28H,10,15-18H2,1H3/t27-,28-/m0/s1. The molecule has 8 heteroatoms. The van der Waals surface area contributed by atoms with Crippen LogP contribution in [0.4, 0.5) is 0 Å². The van der Waals surface area contributed by atoms with Crippen LogP contribution in [0.5, 0.6) is 0 Å². The summed E-state index contributed by atoms with van der Waals surface area (Å²) in [5, 5.41) is 0.786. The minimum atomic E-state index is -0.132. The van der Waals surface area contributed by atoms with E-state index in [1.54, 1.807) is 0 Å². The number of hydrogen-bond acceptors (Lipinski definition) is 7. The molecule has 184 valence electrons. The van der Waals surface area contributed by atoms with Crippen LogP contribution in [-0.2, 0) is 32.8 Å². The van der Waals surface area contributed by atoms with Gasteiger partial charge in [0.25, 0.3) is 0 Å². The van der Waals surface area contributed by atoms with E-state index in [2.05, 4.69) is 35.9 Å². The maximum atomic E-state index is 6.12. The number of nitrogens with zero attached hydrogens (tertiary/aromatic N) is 4. The van der Waals surface area contributed by atoms with Crippen LogP contribution >= 0.6 is 15.9 Å². The second-order valence-electron chi connectivity index (χ2n) is 8.75. The average molecular weight is 547 g/mol. The first kappa shape index (κ1) is 24.6. The lowest BCUT2D eigenvalue weighted by Gasteiger charge is -2.19. The molecule has 0 unspecified atom stereocenters. The van der Waals surface area contributed by atoms with E-state index in [4.69, 9.17) is 14.2 Å². The molecule has 0 bridgehead atoms. The van der Waals surface area contributed by atoms with Gasteiger partial charge in [0.15, 0.2) is 0 Å². The number of aryl methyl sites for hydroxylation is 1. The van der Waals surface area contributed by atoms with E-state index in [1.807, 2.05) is 80.2 Å². The van der Waals surface area contributed by atoms with Crippen LogP contribution in [0.3, 0.4) is 0 Å². The Hall–Kier alpha value is -3.04. The fraction of sp³-hybridized carbons (Fsp3) is 0.286. The molecule has 5 heterocycles. The van der Waals surface area contributed by atoms with E-state index in [9.17, 15) is 0 Å². The smallest absolute Gasteiger partial charge is 0.110 e. The number of ether oxygens (including phenoxy) is 3. The Bertz CT molecular complexity index is 1250. The summed E-state index contributed by atoms with van der Waals surface area (Å²) in [6, 6.07) is 16.0. The zero-order chi connectivity index (χ0) is 24.7. The highest BCUT2D eigenvalue weighted by Gasteiger charge is 2.30. The highest BCUT2D eigenvalue weighted by atomic mass is 79.9. The van der Waals surface area contributed by atoms with E-state index >= 15 is 0 Å². The number of pyridine rings is 4. The molecule has 0 saturated carbocycles. The summed E-state index contributed by atoms with van der Waals surface area (Å²) in [7, 11) is 0. The van der Waals surface area contributed by atoms with Gasteiger partial charge < -0.3 is 14.2 Å². The van der Waals surface area contributed by atoms with E-state index in [-0.39, 0.29) is 12.2 Å². The van der Waals surface area contributed by atoms with Crippen LogP contribution in [0.15, 0.2) is 73.3 Å². The third-order valence-corrected chi connectivity index (χ3v) is 6.62. The van der Waals surface area contributed by atoms with Gasteiger partial charge in [-0.25, -0.2) is 0 Å². The van der Waals surface area contributed by atoms with Crippen LogP contribution in [0.2, 0.25) is 0 Å². The van der Waals surface area contributed by atoms with Crippen molar-refractivity contribution in [3.8, 4) is 22.8 Å². The second kappa shape index (κ2) is 11.8. The molecule has 2 atom stereocenters. The predicted molar refractivity (Wildman–Crippen MR) is 140 cm³/mol. The van der Waals surface area contributed by atoms with Gasteiger partial charge in [0.2, 0.25) is 0 Å². The number of rotatable bonds is 9. The normalized spacial score (nSPS) is 17.4. The molecule has 1 fully saturated rings. The van der Waals surface area contributed by atoms with Gasteiger partial charge in [-0.05, 0) is 53.4 Å². The molecule has 0 radical (unpaired) electrons. The fourth-order valence-electron chi connectivity index (χ4n) is 3.83. The van der Waals surface area contributed by atoms with E-state index in [0.717, 1.165) is 50.4 Å². The number of hydrogen-bond donors (Lipinski definition) is 0. The largest absolute Gasteiger partial charge is 0.376 e. The average Bonchev–Trinajstić information content (AvgIpc) is 3.39. The third-order valence-electron chi connectivity index (χ3n) is 5.97. The first-order valence-corrected chi connectivity index (χ1v) is 12.9. The van der Waals surface area contributed by atoms with E-state index < -0.39 is 0 Å². The van der Waals surface area contributed by atoms with Gasteiger partial charge >= 0.3 is 0 Å². The van der Waals surface area contributed by atoms with Crippen molar-refractivity contribution in [2.75, 3.05) is 13.2 Å². The van der Waals surface area contributed by atoms with Gasteiger partial charge in [0, 0.05) is 30.1 Å². The van der Waals surface area contributed by atoms with Crippen molar-refractivity contribution in [1.29, 1.82) is 0 Å². The minimum absolute atomic E-state index is 0.132. The van der Waals surface area contributed by atoms with Gasteiger partial charge in [-0.1, -0.05) is 40.2 Å². The van der Waals surface area contributed by atoms with Gasteiger partial charge in [-0.2, -0.15) is 0 Å². The number of halogens is 1. The third kappa shape index (κ3) is 6.20. The Balaban J connectivity index is 1.12. The summed E-state index contributed by atoms with van der Waals surface area (Å²) in [5.74, 6) is 0. The zero-order valence-corrected chi connectivity index (χ0v) is 21.6. The summed E-state index contributed by atoms with van der Waals surface area (Å²) >= 11 is 3.44. The molecule has 0 spiro atoms. The Kier molecular flexibility index (Phi) is 8.08. The molecular formula is C28H27BrN4O3. The lowest BCUT2D eigenvalue weighted by Crippen LogP contribution is -2.29. The van der Waals surface area contributed by atoms with Crippen molar-refractivity contribution >= 4 is 15.9 Å².